The van der Waals surface area contributed by atoms with E-state index in [2.05, 4.69) is 16.6 Å². The van der Waals surface area contributed by atoms with Crippen LogP contribution in [-0.2, 0) is 0 Å². The number of carboxylic acids is 1. The number of carboxylic acid groups (broad SMARTS) is 1. The first kappa shape index (κ1) is 14.2. The van der Waals surface area contributed by atoms with Crippen molar-refractivity contribution in [1.82, 2.24) is 4.98 Å². The van der Waals surface area contributed by atoms with E-state index in [-0.39, 0.29) is 10.3 Å². The average molecular weight is 280 g/mol. The molecule has 5 heteroatoms. The van der Waals surface area contributed by atoms with Crippen molar-refractivity contribution >= 4 is 23.5 Å². The third kappa shape index (κ3) is 3.41. The van der Waals surface area contributed by atoms with Gasteiger partial charge >= 0.3 is 5.97 Å². The quantitative estimate of drug-likeness (QED) is 0.867. The van der Waals surface area contributed by atoms with Crippen molar-refractivity contribution in [1.29, 1.82) is 0 Å². The number of pyridine rings is 1. The molecule has 0 unspecified atom stereocenters. The van der Waals surface area contributed by atoms with Crippen molar-refractivity contribution in [3.05, 3.63) is 23.9 Å². The summed E-state index contributed by atoms with van der Waals surface area (Å²) in [5, 5.41) is 12.4. The van der Waals surface area contributed by atoms with Gasteiger partial charge in [-0.15, -0.1) is 0 Å². The summed E-state index contributed by atoms with van der Waals surface area (Å²) >= 11 is 1.89. The van der Waals surface area contributed by atoms with Crippen LogP contribution in [0.25, 0.3) is 0 Å². The molecule has 1 aromatic rings. The highest BCUT2D eigenvalue weighted by atomic mass is 32.2. The first-order chi connectivity index (χ1) is 9.17. The smallest absolute Gasteiger partial charge is 0.339 e. The number of thioether (sulfide) groups is 1. The van der Waals surface area contributed by atoms with Crippen molar-refractivity contribution in [2.75, 3.05) is 18.1 Å². The predicted octanol–water partition coefficient (Wildman–Crippen LogP) is 3.26. The van der Waals surface area contributed by atoms with Crippen LogP contribution >= 0.6 is 11.8 Å². The van der Waals surface area contributed by atoms with Crippen LogP contribution in [0.4, 0.5) is 5.82 Å². The number of aromatic carboxylic acids is 1. The summed E-state index contributed by atoms with van der Waals surface area (Å²) in [5.41, 5.74) is 0.245. The highest BCUT2D eigenvalue weighted by Crippen LogP contribution is 2.38. The Morgan fingerprint density at radius 1 is 1.47 bits per heavy atom. The Kier molecular flexibility index (Phi) is 4.69. The van der Waals surface area contributed by atoms with Crippen LogP contribution in [0.1, 0.15) is 42.5 Å². The van der Waals surface area contributed by atoms with Gasteiger partial charge in [-0.1, -0.05) is 19.3 Å². The van der Waals surface area contributed by atoms with Crippen LogP contribution in [0, 0.1) is 0 Å². The maximum atomic E-state index is 11.1. The van der Waals surface area contributed by atoms with Crippen molar-refractivity contribution in [3.63, 3.8) is 0 Å². The Hall–Kier alpha value is -1.23. The van der Waals surface area contributed by atoms with Gasteiger partial charge in [0.05, 0.1) is 0 Å². The number of hydrogen-bond acceptors (Lipinski definition) is 4. The largest absolute Gasteiger partial charge is 0.478 e. The van der Waals surface area contributed by atoms with E-state index in [1.165, 1.54) is 32.1 Å². The SMILES string of the molecule is CSC1(CNc2ncccc2C(=O)O)CCCCC1. The first-order valence-corrected chi connectivity index (χ1v) is 7.87. The maximum absolute atomic E-state index is 11.1. The Bertz CT molecular complexity index is 445. The van der Waals surface area contributed by atoms with E-state index >= 15 is 0 Å². The average Bonchev–Trinajstić information content (AvgIpc) is 2.46. The molecule has 1 aromatic heterocycles. The second-order valence-electron chi connectivity index (χ2n) is 5.01. The summed E-state index contributed by atoms with van der Waals surface area (Å²) in [7, 11) is 0. The molecule has 104 valence electrons. The van der Waals surface area contributed by atoms with Crippen molar-refractivity contribution in [2.24, 2.45) is 0 Å². The number of anilines is 1. The van der Waals surface area contributed by atoms with Crippen molar-refractivity contribution < 1.29 is 9.90 Å². The molecule has 4 nitrogen and oxygen atoms in total. The lowest BCUT2D eigenvalue weighted by atomic mass is 9.88. The van der Waals surface area contributed by atoms with Crippen molar-refractivity contribution in [2.45, 2.75) is 36.9 Å². The number of nitrogens with zero attached hydrogens (tertiary/aromatic N) is 1. The second-order valence-corrected chi connectivity index (χ2v) is 6.28. The second kappa shape index (κ2) is 6.28. The maximum Gasteiger partial charge on any atom is 0.339 e. The molecule has 0 aliphatic heterocycles. The van der Waals surface area contributed by atoms with E-state index in [1.54, 1.807) is 18.3 Å². The van der Waals surface area contributed by atoms with Crippen LogP contribution in [0.5, 0.6) is 0 Å². The molecule has 1 aliphatic carbocycles. The van der Waals surface area contributed by atoms with Crippen LogP contribution < -0.4 is 5.32 Å². The van der Waals surface area contributed by atoms with E-state index in [9.17, 15) is 4.79 Å². The first-order valence-electron chi connectivity index (χ1n) is 6.64. The molecule has 1 saturated carbocycles. The van der Waals surface area contributed by atoms with Gasteiger partial charge in [0.15, 0.2) is 0 Å². The monoisotopic (exact) mass is 280 g/mol. The summed E-state index contributed by atoms with van der Waals surface area (Å²) in [5.74, 6) is -0.452. The van der Waals surface area contributed by atoms with Gasteiger partial charge in [0, 0.05) is 17.5 Å². The van der Waals surface area contributed by atoms with E-state index in [0.717, 1.165) is 6.54 Å². The molecule has 0 spiro atoms. The standard InChI is InChI=1S/C14H20N2O2S/c1-19-14(7-3-2-4-8-14)10-16-12-11(13(17)18)6-5-9-15-12/h5-6,9H,2-4,7-8,10H2,1H3,(H,15,16)(H,17,18). The fourth-order valence-corrected chi connectivity index (χ4v) is 3.53. The van der Waals surface area contributed by atoms with E-state index in [1.807, 2.05) is 11.8 Å². The third-order valence-corrected chi connectivity index (χ3v) is 5.23. The van der Waals surface area contributed by atoms with Gasteiger partial charge in [0.25, 0.3) is 0 Å². The zero-order chi connectivity index (χ0) is 13.7. The zero-order valence-corrected chi connectivity index (χ0v) is 12.0. The molecule has 0 bridgehead atoms. The highest BCUT2D eigenvalue weighted by Gasteiger charge is 2.31. The Balaban J connectivity index is 2.07. The van der Waals surface area contributed by atoms with E-state index in [0.29, 0.717) is 5.82 Å². The van der Waals surface area contributed by atoms with Gasteiger partial charge in [-0.25, -0.2) is 9.78 Å². The van der Waals surface area contributed by atoms with Gasteiger partial charge in [-0.3, -0.25) is 0 Å². The fraction of sp³-hybridized carbons (Fsp3) is 0.571. The summed E-state index contributed by atoms with van der Waals surface area (Å²) in [6.07, 6.45) is 9.98. The Labute approximate surface area is 118 Å². The normalized spacial score (nSPS) is 17.9. The number of rotatable bonds is 5. The molecule has 2 N–H and O–H groups in total. The third-order valence-electron chi connectivity index (χ3n) is 3.81. The minimum absolute atomic E-state index is 0.228. The number of hydrogen-bond donors (Lipinski definition) is 2. The van der Waals surface area contributed by atoms with Crippen molar-refractivity contribution in [3.8, 4) is 0 Å². The molecule has 1 heterocycles. The van der Waals surface area contributed by atoms with Crippen LogP contribution in [-0.4, -0.2) is 33.6 Å². The molecule has 0 atom stereocenters. The topological polar surface area (TPSA) is 62.2 Å². The fourth-order valence-electron chi connectivity index (χ4n) is 2.61. The summed E-state index contributed by atoms with van der Waals surface area (Å²) < 4.78 is 0.228. The number of aromatic nitrogens is 1. The highest BCUT2D eigenvalue weighted by molar-refractivity contribution is 8.00. The van der Waals surface area contributed by atoms with Crippen LogP contribution in [0.3, 0.4) is 0 Å². The zero-order valence-electron chi connectivity index (χ0n) is 11.2. The van der Waals surface area contributed by atoms with Gasteiger partial charge in [-0.2, -0.15) is 11.8 Å². The molecular weight excluding hydrogens is 260 g/mol. The summed E-state index contributed by atoms with van der Waals surface area (Å²) in [6.45, 7) is 0.783. The Morgan fingerprint density at radius 3 is 2.84 bits per heavy atom. The molecule has 0 aromatic carbocycles. The number of nitrogens with one attached hydrogen (secondary N) is 1. The Morgan fingerprint density at radius 2 is 2.21 bits per heavy atom. The molecule has 2 rings (SSSR count). The van der Waals surface area contributed by atoms with Gasteiger partial charge in [0.2, 0.25) is 0 Å². The molecule has 0 radical (unpaired) electrons. The molecule has 0 saturated heterocycles. The molecule has 19 heavy (non-hydrogen) atoms. The minimum atomic E-state index is -0.933. The van der Waals surface area contributed by atoms with E-state index in [4.69, 9.17) is 5.11 Å². The summed E-state index contributed by atoms with van der Waals surface area (Å²) in [4.78, 5) is 15.3. The molecule has 1 fully saturated rings. The lowest BCUT2D eigenvalue weighted by Crippen LogP contribution is -2.36. The van der Waals surface area contributed by atoms with Crippen LogP contribution in [0.2, 0.25) is 0 Å². The molecule has 0 amide bonds. The summed E-state index contributed by atoms with van der Waals surface area (Å²) in [6, 6.07) is 3.24. The van der Waals surface area contributed by atoms with Gasteiger partial charge in [-0.05, 0) is 31.2 Å². The molecule has 1 aliphatic rings. The molecular formula is C14H20N2O2S. The lowest BCUT2D eigenvalue weighted by Gasteiger charge is -2.36. The number of carbonyl (C=O) groups is 1. The lowest BCUT2D eigenvalue weighted by molar-refractivity contribution is 0.0697. The van der Waals surface area contributed by atoms with Gasteiger partial charge < -0.3 is 10.4 Å². The van der Waals surface area contributed by atoms with E-state index < -0.39 is 5.97 Å². The predicted molar refractivity (Wildman–Crippen MR) is 79.0 cm³/mol. The minimum Gasteiger partial charge on any atom is -0.478 e. The van der Waals surface area contributed by atoms with Gasteiger partial charge in [0.1, 0.15) is 11.4 Å². The van der Waals surface area contributed by atoms with Crippen LogP contribution in [0.15, 0.2) is 18.3 Å².